The molecule has 21 heavy (non-hydrogen) atoms. The van der Waals surface area contributed by atoms with Crippen molar-refractivity contribution in [3.8, 4) is 0 Å². The lowest BCUT2D eigenvalue weighted by Gasteiger charge is -2.06. The zero-order valence-corrected chi connectivity index (χ0v) is 12.5. The Hall–Kier alpha value is -1.98. The highest BCUT2D eigenvalue weighted by Crippen LogP contribution is 2.18. The second-order valence-electron chi connectivity index (χ2n) is 4.42. The highest BCUT2D eigenvalue weighted by molar-refractivity contribution is 7.80. The van der Waals surface area contributed by atoms with Gasteiger partial charge >= 0.3 is 0 Å². The predicted molar refractivity (Wildman–Crippen MR) is 86.1 cm³/mol. The van der Waals surface area contributed by atoms with E-state index < -0.39 is 5.82 Å². The van der Waals surface area contributed by atoms with Gasteiger partial charge in [-0.15, -0.1) is 0 Å². The molecule has 0 aromatic heterocycles. The third-order valence-electron chi connectivity index (χ3n) is 2.81. The lowest BCUT2D eigenvalue weighted by Crippen LogP contribution is -2.15. The maximum Gasteiger partial charge on any atom is 0.228 e. The van der Waals surface area contributed by atoms with E-state index in [1.54, 1.807) is 30.3 Å². The van der Waals surface area contributed by atoms with Gasteiger partial charge in [0, 0.05) is 11.3 Å². The summed E-state index contributed by atoms with van der Waals surface area (Å²) in [5.41, 5.74) is 7.41. The van der Waals surface area contributed by atoms with Gasteiger partial charge in [-0.2, -0.15) is 0 Å². The maximum atomic E-state index is 13.3. The molecular formula is C15H12ClFN2OS. The molecule has 0 radical (unpaired) electrons. The summed E-state index contributed by atoms with van der Waals surface area (Å²) in [5, 5.41) is 2.62. The Kier molecular flexibility index (Phi) is 4.88. The molecule has 3 N–H and O–H groups in total. The molecule has 1 amide bonds. The van der Waals surface area contributed by atoms with E-state index in [1.807, 2.05) is 0 Å². The highest BCUT2D eigenvalue weighted by atomic mass is 35.5. The zero-order valence-electron chi connectivity index (χ0n) is 10.9. The van der Waals surface area contributed by atoms with Gasteiger partial charge in [-0.05, 0) is 23.8 Å². The number of carbonyl (C=O) groups excluding carboxylic acids is 1. The molecule has 6 heteroatoms. The number of nitrogens with two attached hydrogens (primary N) is 1. The van der Waals surface area contributed by atoms with Crippen molar-refractivity contribution in [2.45, 2.75) is 6.42 Å². The molecule has 0 spiro atoms. The van der Waals surface area contributed by atoms with E-state index in [0.717, 1.165) is 11.1 Å². The van der Waals surface area contributed by atoms with Gasteiger partial charge in [0.15, 0.2) is 0 Å². The van der Waals surface area contributed by atoms with Gasteiger partial charge in [0.1, 0.15) is 10.8 Å². The predicted octanol–water partition coefficient (Wildman–Crippen LogP) is 3.29. The molecule has 2 aromatic carbocycles. The third kappa shape index (κ3) is 4.24. The SMILES string of the molecule is NC(=S)c1ccc(CC(=O)Nc2ccc(Cl)c(F)c2)cc1. The fourth-order valence-corrected chi connectivity index (χ4v) is 2.00. The average Bonchev–Trinajstić information content (AvgIpc) is 2.43. The van der Waals surface area contributed by atoms with Gasteiger partial charge in [0.25, 0.3) is 0 Å². The molecule has 108 valence electrons. The summed E-state index contributed by atoms with van der Waals surface area (Å²) in [5.74, 6) is -0.824. The summed E-state index contributed by atoms with van der Waals surface area (Å²) in [6.45, 7) is 0. The first-order valence-electron chi connectivity index (χ1n) is 6.09. The quantitative estimate of drug-likeness (QED) is 0.849. The van der Waals surface area contributed by atoms with Crippen molar-refractivity contribution in [3.05, 3.63) is 64.4 Å². The summed E-state index contributed by atoms with van der Waals surface area (Å²) in [4.78, 5) is 12.2. The smallest absolute Gasteiger partial charge is 0.228 e. The van der Waals surface area contributed by atoms with E-state index in [0.29, 0.717) is 10.7 Å². The Morgan fingerprint density at radius 2 is 1.90 bits per heavy atom. The van der Waals surface area contributed by atoms with Crippen molar-refractivity contribution in [2.24, 2.45) is 5.73 Å². The Morgan fingerprint density at radius 1 is 1.24 bits per heavy atom. The number of hydrogen-bond donors (Lipinski definition) is 2. The molecule has 0 atom stereocenters. The van der Waals surface area contributed by atoms with Crippen LogP contribution >= 0.6 is 23.8 Å². The molecule has 2 aromatic rings. The Balaban J connectivity index is 2.01. The Morgan fingerprint density at radius 3 is 2.48 bits per heavy atom. The van der Waals surface area contributed by atoms with E-state index >= 15 is 0 Å². The van der Waals surface area contributed by atoms with Gasteiger partial charge in [-0.25, -0.2) is 4.39 Å². The molecule has 0 saturated carbocycles. The second-order valence-corrected chi connectivity index (χ2v) is 5.26. The molecule has 0 aliphatic heterocycles. The standard InChI is InChI=1S/C15H12ClFN2OS/c16-12-6-5-11(8-13(12)17)19-14(20)7-9-1-3-10(4-2-9)15(18)21/h1-6,8H,7H2,(H2,18,21)(H,19,20). The number of anilines is 1. The fourth-order valence-electron chi connectivity index (χ4n) is 1.75. The highest BCUT2D eigenvalue weighted by Gasteiger charge is 2.07. The number of benzene rings is 2. The van der Waals surface area contributed by atoms with Gasteiger partial charge in [-0.1, -0.05) is 48.1 Å². The first-order chi connectivity index (χ1) is 9.95. The summed E-state index contributed by atoms with van der Waals surface area (Å²) in [6, 6.07) is 11.2. The van der Waals surface area contributed by atoms with Crippen LogP contribution in [0.2, 0.25) is 5.02 Å². The van der Waals surface area contributed by atoms with E-state index in [9.17, 15) is 9.18 Å². The van der Waals surface area contributed by atoms with Crippen LogP contribution in [0.3, 0.4) is 0 Å². The maximum absolute atomic E-state index is 13.3. The van der Waals surface area contributed by atoms with E-state index in [-0.39, 0.29) is 17.4 Å². The molecule has 3 nitrogen and oxygen atoms in total. The fraction of sp³-hybridized carbons (Fsp3) is 0.0667. The lowest BCUT2D eigenvalue weighted by molar-refractivity contribution is -0.115. The number of rotatable bonds is 4. The molecule has 0 heterocycles. The third-order valence-corrected chi connectivity index (χ3v) is 3.35. The van der Waals surface area contributed by atoms with Crippen LogP contribution in [0, 0.1) is 5.82 Å². The first-order valence-corrected chi connectivity index (χ1v) is 6.88. The second kappa shape index (κ2) is 6.65. The number of halogens is 2. The van der Waals surface area contributed by atoms with Crippen LogP contribution < -0.4 is 11.1 Å². The summed E-state index contributed by atoms with van der Waals surface area (Å²) >= 11 is 10.4. The van der Waals surface area contributed by atoms with E-state index in [2.05, 4.69) is 5.32 Å². The van der Waals surface area contributed by atoms with Gasteiger partial charge < -0.3 is 11.1 Å². The van der Waals surface area contributed by atoms with Crippen LogP contribution in [0.4, 0.5) is 10.1 Å². The van der Waals surface area contributed by atoms with Crippen molar-refractivity contribution in [3.63, 3.8) is 0 Å². The minimum atomic E-state index is -0.574. The van der Waals surface area contributed by atoms with Crippen LogP contribution in [0.5, 0.6) is 0 Å². The van der Waals surface area contributed by atoms with Crippen LogP contribution in [-0.4, -0.2) is 10.9 Å². The van der Waals surface area contributed by atoms with Gasteiger partial charge in [-0.3, -0.25) is 4.79 Å². The number of amides is 1. The monoisotopic (exact) mass is 322 g/mol. The molecule has 0 aliphatic carbocycles. The van der Waals surface area contributed by atoms with Gasteiger partial charge in [0.2, 0.25) is 5.91 Å². The lowest BCUT2D eigenvalue weighted by atomic mass is 10.1. The summed E-state index contributed by atoms with van der Waals surface area (Å²) in [6.07, 6.45) is 0.169. The van der Waals surface area contributed by atoms with Crippen molar-refractivity contribution in [1.82, 2.24) is 0 Å². The van der Waals surface area contributed by atoms with Gasteiger partial charge in [0.05, 0.1) is 11.4 Å². The van der Waals surface area contributed by atoms with Crippen molar-refractivity contribution in [1.29, 1.82) is 0 Å². The van der Waals surface area contributed by atoms with E-state index in [1.165, 1.54) is 12.1 Å². The molecule has 0 fully saturated rings. The van der Waals surface area contributed by atoms with Crippen molar-refractivity contribution in [2.75, 3.05) is 5.32 Å². The van der Waals surface area contributed by atoms with Crippen LogP contribution in [0.1, 0.15) is 11.1 Å². The van der Waals surface area contributed by atoms with Crippen LogP contribution in [0.25, 0.3) is 0 Å². The Labute approximate surface area is 131 Å². The summed E-state index contributed by atoms with van der Waals surface area (Å²) < 4.78 is 13.3. The minimum Gasteiger partial charge on any atom is -0.389 e. The van der Waals surface area contributed by atoms with Crippen LogP contribution in [0.15, 0.2) is 42.5 Å². The summed E-state index contributed by atoms with van der Waals surface area (Å²) in [7, 11) is 0. The largest absolute Gasteiger partial charge is 0.389 e. The molecule has 0 bridgehead atoms. The number of nitrogens with one attached hydrogen (secondary N) is 1. The molecule has 2 rings (SSSR count). The normalized spacial score (nSPS) is 10.2. The minimum absolute atomic E-state index is 0.0151. The molecule has 0 saturated heterocycles. The number of thiocarbonyl (C=S) groups is 1. The number of carbonyl (C=O) groups is 1. The van der Waals surface area contributed by atoms with E-state index in [4.69, 9.17) is 29.6 Å². The first kappa shape index (κ1) is 15.4. The molecular weight excluding hydrogens is 311 g/mol. The van der Waals surface area contributed by atoms with Crippen molar-refractivity contribution >= 4 is 40.4 Å². The Bertz CT molecular complexity index is 689. The molecule has 0 unspecified atom stereocenters. The zero-order chi connectivity index (χ0) is 15.4. The topological polar surface area (TPSA) is 55.1 Å². The number of hydrogen-bond acceptors (Lipinski definition) is 2. The molecule has 0 aliphatic rings. The average molecular weight is 323 g/mol. The van der Waals surface area contributed by atoms with Crippen LogP contribution in [-0.2, 0) is 11.2 Å². The van der Waals surface area contributed by atoms with Crippen molar-refractivity contribution < 1.29 is 9.18 Å².